The van der Waals surface area contributed by atoms with E-state index in [2.05, 4.69) is 20.4 Å². The molecule has 6 nitrogen and oxygen atoms in total. The predicted octanol–water partition coefficient (Wildman–Crippen LogP) is 4.73. The van der Waals surface area contributed by atoms with E-state index in [1.54, 1.807) is 6.20 Å². The van der Waals surface area contributed by atoms with Crippen LogP contribution in [-0.2, 0) is 6.54 Å². The molecule has 0 saturated carbocycles. The number of nitrogens with one attached hydrogen (secondary N) is 2. The largest absolute Gasteiger partial charge is 0.338 e. The number of carbonyl (C=O) groups excluding carboxylic acids is 1. The molecule has 0 atom stereocenters. The van der Waals surface area contributed by atoms with E-state index < -0.39 is 0 Å². The molecule has 0 saturated heterocycles. The number of nitrogens with zero attached hydrogens (tertiary/aromatic N) is 3. The van der Waals surface area contributed by atoms with Crippen molar-refractivity contribution < 1.29 is 4.79 Å². The highest BCUT2D eigenvalue weighted by Crippen LogP contribution is 2.28. The second kappa shape index (κ2) is 7.67. The third-order valence-corrected chi connectivity index (χ3v) is 4.94. The number of rotatable bonds is 5. The van der Waals surface area contributed by atoms with Crippen LogP contribution in [0, 0.1) is 0 Å². The van der Waals surface area contributed by atoms with Crippen LogP contribution in [0.25, 0.3) is 22.4 Å². The molecule has 0 radical (unpaired) electrons. The van der Waals surface area contributed by atoms with Gasteiger partial charge in [0.05, 0.1) is 23.3 Å². The van der Waals surface area contributed by atoms with Gasteiger partial charge < -0.3 is 10.3 Å². The molecule has 5 aromatic rings. The SMILES string of the molecule is O=C(Nc1ccccc1-c1nc2ccccc2[nH]1)c1ccc(Cn2cccn2)cc1. The molecule has 0 aliphatic heterocycles. The quantitative estimate of drug-likeness (QED) is 0.453. The molecule has 30 heavy (non-hydrogen) atoms. The Hall–Kier alpha value is -4.19. The molecule has 0 unspecified atom stereocenters. The highest BCUT2D eigenvalue weighted by Gasteiger charge is 2.13. The first-order chi connectivity index (χ1) is 14.8. The minimum Gasteiger partial charge on any atom is -0.338 e. The van der Waals surface area contributed by atoms with E-state index in [1.165, 1.54) is 0 Å². The second-order valence-corrected chi connectivity index (χ2v) is 7.00. The van der Waals surface area contributed by atoms with Crippen molar-refractivity contribution in [2.24, 2.45) is 0 Å². The molecule has 0 spiro atoms. The van der Waals surface area contributed by atoms with Crippen LogP contribution in [0.15, 0.2) is 91.3 Å². The van der Waals surface area contributed by atoms with Gasteiger partial charge in [-0.15, -0.1) is 0 Å². The summed E-state index contributed by atoms with van der Waals surface area (Å²) in [5.41, 5.74) is 5.08. The Balaban J connectivity index is 1.37. The van der Waals surface area contributed by atoms with Gasteiger partial charge in [-0.2, -0.15) is 5.10 Å². The fourth-order valence-corrected chi connectivity index (χ4v) is 3.42. The lowest BCUT2D eigenvalue weighted by Gasteiger charge is -2.10. The molecule has 0 aliphatic carbocycles. The summed E-state index contributed by atoms with van der Waals surface area (Å²) in [6.45, 7) is 0.670. The molecule has 6 heteroatoms. The highest BCUT2D eigenvalue weighted by atomic mass is 16.1. The van der Waals surface area contributed by atoms with Gasteiger partial charge in [0, 0.05) is 23.5 Å². The molecule has 3 aromatic carbocycles. The monoisotopic (exact) mass is 393 g/mol. The Labute approximate surface area is 173 Å². The third kappa shape index (κ3) is 3.58. The topological polar surface area (TPSA) is 75.6 Å². The first-order valence-electron chi connectivity index (χ1n) is 9.68. The molecule has 146 valence electrons. The van der Waals surface area contributed by atoms with Crippen LogP contribution in [0.5, 0.6) is 0 Å². The number of H-pyrrole nitrogens is 1. The minimum absolute atomic E-state index is 0.163. The number of carbonyl (C=O) groups is 1. The Morgan fingerprint density at radius 1 is 0.933 bits per heavy atom. The molecule has 1 amide bonds. The zero-order valence-corrected chi connectivity index (χ0v) is 16.1. The van der Waals surface area contributed by atoms with E-state index in [0.29, 0.717) is 17.8 Å². The molecular formula is C24H19N5O. The number of fused-ring (bicyclic) bond motifs is 1. The number of aromatic amines is 1. The Bertz CT molecular complexity index is 1270. The molecule has 0 fully saturated rings. The average Bonchev–Trinajstić information content (AvgIpc) is 3.44. The van der Waals surface area contributed by atoms with E-state index in [9.17, 15) is 4.79 Å². The summed E-state index contributed by atoms with van der Waals surface area (Å²) < 4.78 is 1.85. The number of benzene rings is 3. The maximum atomic E-state index is 12.8. The van der Waals surface area contributed by atoms with Gasteiger partial charge in [-0.25, -0.2) is 4.98 Å². The van der Waals surface area contributed by atoms with Gasteiger partial charge in [0.15, 0.2) is 0 Å². The van der Waals surface area contributed by atoms with Crippen LogP contribution in [0.4, 0.5) is 5.69 Å². The van der Waals surface area contributed by atoms with Gasteiger partial charge in [-0.3, -0.25) is 9.48 Å². The van der Waals surface area contributed by atoms with Crippen molar-refractivity contribution in [3.63, 3.8) is 0 Å². The van der Waals surface area contributed by atoms with Crippen molar-refractivity contribution >= 4 is 22.6 Å². The summed E-state index contributed by atoms with van der Waals surface area (Å²) in [4.78, 5) is 20.8. The maximum absolute atomic E-state index is 12.8. The van der Waals surface area contributed by atoms with Crippen LogP contribution in [0.2, 0.25) is 0 Å². The summed E-state index contributed by atoms with van der Waals surface area (Å²) >= 11 is 0. The standard InChI is InChI=1S/C24H19N5O/c30-24(18-12-10-17(11-13-18)16-29-15-5-14-25-29)28-20-7-2-1-6-19(20)23-26-21-8-3-4-9-22(21)27-23/h1-15H,16H2,(H,26,27)(H,28,30). The summed E-state index contributed by atoms with van der Waals surface area (Å²) in [6, 6.07) is 25.0. The summed E-state index contributed by atoms with van der Waals surface area (Å²) in [5, 5.41) is 7.23. The van der Waals surface area contributed by atoms with E-state index >= 15 is 0 Å². The average molecular weight is 393 g/mol. The number of imidazole rings is 1. The predicted molar refractivity (Wildman–Crippen MR) is 117 cm³/mol. The number of anilines is 1. The van der Waals surface area contributed by atoms with Crippen LogP contribution in [0.1, 0.15) is 15.9 Å². The lowest BCUT2D eigenvalue weighted by molar-refractivity contribution is 0.102. The molecule has 2 N–H and O–H groups in total. The van der Waals surface area contributed by atoms with Crippen LogP contribution in [0.3, 0.4) is 0 Å². The van der Waals surface area contributed by atoms with E-state index in [-0.39, 0.29) is 5.91 Å². The number of hydrogen-bond donors (Lipinski definition) is 2. The summed E-state index contributed by atoms with van der Waals surface area (Å²) in [7, 11) is 0. The fourth-order valence-electron chi connectivity index (χ4n) is 3.42. The Kier molecular flexibility index (Phi) is 4.57. The molecule has 2 aromatic heterocycles. The maximum Gasteiger partial charge on any atom is 0.255 e. The molecular weight excluding hydrogens is 374 g/mol. The lowest BCUT2D eigenvalue weighted by atomic mass is 10.1. The normalized spacial score (nSPS) is 10.9. The lowest BCUT2D eigenvalue weighted by Crippen LogP contribution is -2.13. The van der Waals surface area contributed by atoms with Crippen molar-refractivity contribution in [3.8, 4) is 11.4 Å². The van der Waals surface area contributed by atoms with Gasteiger partial charge in [0.2, 0.25) is 0 Å². The van der Waals surface area contributed by atoms with Crippen molar-refractivity contribution in [2.45, 2.75) is 6.54 Å². The van der Waals surface area contributed by atoms with Gasteiger partial charge in [-0.1, -0.05) is 36.4 Å². The smallest absolute Gasteiger partial charge is 0.255 e. The second-order valence-electron chi connectivity index (χ2n) is 7.00. The molecule has 2 heterocycles. The zero-order chi connectivity index (χ0) is 20.3. The first-order valence-corrected chi connectivity index (χ1v) is 9.68. The Morgan fingerprint density at radius 3 is 2.53 bits per heavy atom. The van der Waals surface area contributed by atoms with Crippen molar-refractivity contribution in [3.05, 3.63) is 102 Å². The number of para-hydroxylation sites is 3. The third-order valence-electron chi connectivity index (χ3n) is 4.94. The fraction of sp³-hybridized carbons (Fsp3) is 0.0417. The van der Waals surface area contributed by atoms with Gasteiger partial charge in [0.25, 0.3) is 5.91 Å². The van der Waals surface area contributed by atoms with Crippen molar-refractivity contribution in [2.75, 3.05) is 5.32 Å². The zero-order valence-electron chi connectivity index (χ0n) is 16.1. The van der Waals surface area contributed by atoms with Gasteiger partial charge in [0.1, 0.15) is 5.82 Å². The van der Waals surface area contributed by atoms with Crippen molar-refractivity contribution in [1.82, 2.24) is 19.7 Å². The molecule has 0 aliphatic rings. The Morgan fingerprint density at radius 2 is 1.73 bits per heavy atom. The molecule has 0 bridgehead atoms. The van der Waals surface area contributed by atoms with E-state index in [1.807, 2.05) is 89.7 Å². The van der Waals surface area contributed by atoms with E-state index in [0.717, 1.165) is 28.0 Å². The number of amides is 1. The first kappa shape index (κ1) is 17.9. The number of hydrogen-bond acceptors (Lipinski definition) is 3. The minimum atomic E-state index is -0.163. The number of aromatic nitrogens is 4. The van der Waals surface area contributed by atoms with Crippen molar-refractivity contribution in [1.29, 1.82) is 0 Å². The molecule has 5 rings (SSSR count). The summed E-state index contributed by atoms with van der Waals surface area (Å²) in [6.07, 6.45) is 3.66. The van der Waals surface area contributed by atoms with E-state index in [4.69, 9.17) is 0 Å². The van der Waals surface area contributed by atoms with Gasteiger partial charge >= 0.3 is 0 Å². The van der Waals surface area contributed by atoms with Crippen LogP contribution in [-0.4, -0.2) is 25.7 Å². The van der Waals surface area contributed by atoms with Crippen LogP contribution >= 0.6 is 0 Å². The highest BCUT2D eigenvalue weighted by molar-refractivity contribution is 6.06. The van der Waals surface area contributed by atoms with Gasteiger partial charge in [-0.05, 0) is 48.0 Å². The van der Waals surface area contributed by atoms with Crippen LogP contribution < -0.4 is 5.32 Å². The summed E-state index contributed by atoms with van der Waals surface area (Å²) in [5.74, 6) is 0.561.